The van der Waals surface area contributed by atoms with Crippen LogP contribution in [0.25, 0.3) is 0 Å². The van der Waals surface area contributed by atoms with E-state index in [0.29, 0.717) is 11.0 Å². The fraction of sp³-hybridized carbons (Fsp3) is 0.545. The van der Waals surface area contributed by atoms with E-state index in [1.54, 1.807) is 0 Å². The van der Waals surface area contributed by atoms with Crippen LogP contribution in [0.2, 0.25) is 5.15 Å². The summed E-state index contributed by atoms with van der Waals surface area (Å²) in [6.07, 6.45) is 4.96. The molecule has 0 aliphatic heterocycles. The monoisotopic (exact) mass is 254 g/mol. The number of nitrogens with zero attached hydrogens (tertiary/aromatic N) is 2. The summed E-state index contributed by atoms with van der Waals surface area (Å²) in [5.41, 5.74) is 5.85. The SMILES string of the molecule is NC1CCCC(C(=O)Nc2cc(Cl)ncn2)C1. The third-order valence-corrected chi connectivity index (χ3v) is 3.18. The van der Waals surface area contributed by atoms with Crippen molar-refractivity contribution in [2.45, 2.75) is 31.7 Å². The minimum atomic E-state index is -0.0325. The van der Waals surface area contributed by atoms with Gasteiger partial charge in [0.1, 0.15) is 17.3 Å². The molecule has 1 heterocycles. The molecule has 2 rings (SSSR count). The predicted octanol–water partition coefficient (Wildman–Crippen LogP) is 1.59. The molecule has 1 amide bonds. The summed E-state index contributed by atoms with van der Waals surface area (Å²) in [7, 11) is 0. The Kier molecular flexibility index (Phi) is 3.91. The lowest BCUT2D eigenvalue weighted by Crippen LogP contribution is -2.34. The van der Waals surface area contributed by atoms with Gasteiger partial charge in [-0.3, -0.25) is 4.79 Å². The number of aromatic nitrogens is 2. The number of carbonyl (C=O) groups is 1. The van der Waals surface area contributed by atoms with E-state index in [0.717, 1.165) is 25.7 Å². The highest BCUT2D eigenvalue weighted by Gasteiger charge is 2.25. The molecule has 5 nitrogen and oxygen atoms in total. The van der Waals surface area contributed by atoms with Crippen molar-refractivity contribution in [1.82, 2.24) is 9.97 Å². The van der Waals surface area contributed by atoms with Crippen LogP contribution in [0.4, 0.5) is 5.82 Å². The Balaban J connectivity index is 1.96. The van der Waals surface area contributed by atoms with Crippen LogP contribution in [0.3, 0.4) is 0 Å². The minimum absolute atomic E-state index is 0.0208. The fourth-order valence-corrected chi connectivity index (χ4v) is 2.24. The van der Waals surface area contributed by atoms with E-state index in [9.17, 15) is 4.79 Å². The maximum Gasteiger partial charge on any atom is 0.228 e. The zero-order chi connectivity index (χ0) is 12.3. The highest BCUT2D eigenvalue weighted by Crippen LogP contribution is 2.24. The van der Waals surface area contributed by atoms with E-state index in [4.69, 9.17) is 17.3 Å². The van der Waals surface area contributed by atoms with Gasteiger partial charge >= 0.3 is 0 Å². The second-order valence-corrected chi connectivity index (χ2v) is 4.73. The number of rotatable bonds is 2. The van der Waals surface area contributed by atoms with Crippen molar-refractivity contribution in [3.05, 3.63) is 17.5 Å². The molecule has 92 valence electrons. The highest BCUT2D eigenvalue weighted by molar-refractivity contribution is 6.29. The summed E-state index contributed by atoms with van der Waals surface area (Å²) < 4.78 is 0. The van der Waals surface area contributed by atoms with E-state index in [1.165, 1.54) is 12.4 Å². The van der Waals surface area contributed by atoms with Crippen molar-refractivity contribution in [3.63, 3.8) is 0 Å². The second kappa shape index (κ2) is 5.42. The van der Waals surface area contributed by atoms with Crippen LogP contribution in [0.1, 0.15) is 25.7 Å². The number of anilines is 1. The fourth-order valence-electron chi connectivity index (χ4n) is 2.10. The first kappa shape index (κ1) is 12.3. The summed E-state index contributed by atoms with van der Waals surface area (Å²) in [5, 5.41) is 3.06. The Hall–Kier alpha value is -1.20. The van der Waals surface area contributed by atoms with Gasteiger partial charge in [-0.15, -0.1) is 0 Å². The maximum absolute atomic E-state index is 12.0. The van der Waals surface area contributed by atoms with Crippen LogP contribution in [0.5, 0.6) is 0 Å². The van der Waals surface area contributed by atoms with E-state index in [1.807, 2.05) is 0 Å². The van der Waals surface area contributed by atoms with Crippen molar-refractivity contribution in [3.8, 4) is 0 Å². The van der Waals surface area contributed by atoms with Crippen molar-refractivity contribution in [2.75, 3.05) is 5.32 Å². The molecule has 1 aromatic heterocycles. The molecule has 0 spiro atoms. The molecule has 2 unspecified atom stereocenters. The van der Waals surface area contributed by atoms with Crippen molar-refractivity contribution >= 4 is 23.3 Å². The van der Waals surface area contributed by atoms with E-state index < -0.39 is 0 Å². The lowest BCUT2D eigenvalue weighted by atomic mass is 9.85. The molecule has 0 saturated heterocycles. The summed E-state index contributed by atoms with van der Waals surface area (Å²) in [4.78, 5) is 19.6. The Bertz CT molecular complexity index is 412. The molecule has 1 aliphatic rings. The summed E-state index contributed by atoms with van der Waals surface area (Å²) in [6, 6.07) is 1.66. The topological polar surface area (TPSA) is 80.9 Å². The number of halogens is 1. The van der Waals surface area contributed by atoms with Crippen molar-refractivity contribution in [1.29, 1.82) is 0 Å². The average molecular weight is 255 g/mol. The summed E-state index contributed by atoms with van der Waals surface area (Å²) in [6.45, 7) is 0. The van der Waals surface area contributed by atoms with Gasteiger partial charge in [0.2, 0.25) is 5.91 Å². The zero-order valence-corrected chi connectivity index (χ0v) is 10.2. The van der Waals surface area contributed by atoms with Crippen LogP contribution in [0.15, 0.2) is 12.4 Å². The minimum Gasteiger partial charge on any atom is -0.328 e. The first-order valence-electron chi connectivity index (χ1n) is 5.69. The Labute approximate surface area is 105 Å². The number of hydrogen-bond acceptors (Lipinski definition) is 4. The number of carbonyl (C=O) groups excluding carboxylic acids is 1. The largest absolute Gasteiger partial charge is 0.328 e. The molecule has 6 heteroatoms. The van der Waals surface area contributed by atoms with Crippen LogP contribution in [-0.2, 0) is 4.79 Å². The molecule has 0 aromatic carbocycles. The van der Waals surface area contributed by atoms with Crippen molar-refractivity contribution in [2.24, 2.45) is 11.7 Å². The van der Waals surface area contributed by atoms with E-state index >= 15 is 0 Å². The lowest BCUT2D eigenvalue weighted by Gasteiger charge is -2.25. The number of hydrogen-bond donors (Lipinski definition) is 2. The number of nitrogens with two attached hydrogens (primary N) is 1. The molecular weight excluding hydrogens is 240 g/mol. The molecule has 1 aliphatic carbocycles. The highest BCUT2D eigenvalue weighted by atomic mass is 35.5. The molecular formula is C11H15ClN4O. The molecule has 0 radical (unpaired) electrons. The van der Waals surface area contributed by atoms with Gasteiger partial charge in [0.05, 0.1) is 0 Å². The van der Waals surface area contributed by atoms with Crippen molar-refractivity contribution < 1.29 is 4.79 Å². The second-order valence-electron chi connectivity index (χ2n) is 4.34. The Morgan fingerprint density at radius 2 is 2.29 bits per heavy atom. The standard InChI is InChI=1S/C11H15ClN4O/c12-9-5-10(15-6-14-9)16-11(17)7-2-1-3-8(13)4-7/h5-8H,1-4,13H2,(H,14,15,16,17). The normalized spacial score (nSPS) is 24.4. The predicted molar refractivity (Wildman–Crippen MR) is 65.6 cm³/mol. The third kappa shape index (κ3) is 3.38. The summed E-state index contributed by atoms with van der Waals surface area (Å²) in [5.74, 6) is 0.386. The zero-order valence-electron chi connectivity index (χ0n) is 9.40. The van der Waals surface area contributed by atoms with Gasteiger partial charge in [0.25, 0.3) is 0 Å². The molecule has 2 atom stereocenters. The molecule has 17 heavy (non-hydrogen) atoms. The Morgan fingerprint density at radius 3 is 3.00 bits per heavy atom. The van der Waals surface area contributed by atoms with Gasteiger partial charge in [-0.1, -0.05) is 18.0 Å². The first-order valence-corrected chi connectivity index (χ1v) is 6.07. The molecule has 1 fully saturated rings. The molecule has 3 N–H and O–H groups in total. The number of amides is 1. The van der Waals surface area contributed by atoms with E-state index in [-0.39, 0.29) is 17.9 Å². The van der Waals surface area contributed by atoms with Crippen LogP contribution in [0, 0.1) is 5.92 Å². The quantitative estimate of drug-likeness (QED) is 0.786. The van der Waals surface area contributed by atoms with Crippen LogP contribution in [-0.4, -0.2) is 21.9 Å². The van der Waals surface area contributed by atoms with Gasteiger partial charge in [0, 0.05) is 18.0 Å². The van der Waals surface area contributed by atoms with Gasteiger partial charge < -0.3 is 11.1 Å². The van der Waals surface area contributed by atoms with Gasteiger partial charge in [-0.05, 0) is 19.3 Å². The third-order valence-electron chi connectivity index (χ3n) is 2.97. The maximum atomic E-state index is 12.0. The smallest absolute Gasteiger partial charge is 0.228 e. The van der Waals surface area contributed by atoms with Gasteiger partial charge in [-0.2, -0.15) is 0 Å². The van der Waals surface area contributed by atoms with E-state index in [2.05, 4.69) is 15.3 Å². The average Bonchev–Trinajstić information content (AvgIpc) is 2.29. The Morgan fingerprint density at radius 1 is 1.47 bits per heavy atom. The summed E-state index contributed by atoms with van der Waals surface area (Å²) >= 11 is 5.71. The van der Waals surface area contributed by atoms with Gasteiger partial charge in [-0.25, -0.2) is 9.97 Å². The van der Waals surface area contributed by atoms with Crippen LogP contribution < -0.4 is 11.1 Å². The molecule has 1 aromatic rings. The first-order chi connectivity index (χ1) is 8.15. The molecule has 0 bridgehead atoms. The van der Waals surface area contributed by atoms with Gasteiger partial charge in [0.15, 0.2) is 0 Å². The van der Waals surface area contributed by atoms with Crippen LogP contribution >= 0.6 is 11.6 Å². The lowest BCUT2D eigenvalue weighted by molar-refractivity contribution is -0.120. The number of nitrogens with one attached hydrogen (secondary N) is 1. The molecule has 1 saturated carbocycles.